The Morgan fingerprint density at radius 1 is 1.11 bits per heavy atom. The Labute approximate surface area is 163 Å². The summed E-state index contributed by atoms with van der Waals surface area (Å²) in [6, 6.07) is 14.7. The minimum Gasteiger partial charge on any atom is -0.493 e. The summed E-state index contributed by atoms with van der Waals surface area (Å²) in [5.41, 5.74) is 2.17. The number of rotatable bonds is 9. The number of hydrogen-bond acceptors (Lipinski definition) is 3. The van der Waals surface area contributed by atoms with Gasteiger partial charge in [-0.05, 0) is 42.5 Å². The quantitative estimate of drug-likeness (QED) is 0.683. The second-order valence-electron chi connectivity index (χ2n) is 6.87. The zero-order valence-corrected chi connectivity index (χ0v) is 15.7. The first-order valence-corrected chi connectivity index (χ1v) is 9.21. The van der Waals surface area contributed by atoms with E-state index in [2.05, 4.69) is 27.5 Å². The monoisotopic (exact) mass is 390 g/mol. The van der Waals surface area contributed by atoms with Gasteiger partial charge < -0.3 is 20.1 Å². The molecular formula is C21H24F2N2O3. The lowest BCUT2D eigenvalue weighted by atomic mass is 9.96. The highest BCUT2D eigenvalue weighted by Crippen LogP contribution is 2.47. The molecule has 0 spiro atoms. The molecule has 1 fully saturated rings. The second-order valence-corrected chi connectivity index (χ2v) is 6.87. The van der Waals surface area contributed by atoms with E-state index in [-0.39, 0.29) is 22.9 Å². The van der Waals surface area contributed by atoms with Gasteiger partial charge in [-0.25, -0.2) is 4.79 Å². The van der Waals surface area contributed by atoms with Crippen LogP contribution in [0.25, 0.3) is 0 Å². The molecule has 0 aliphatic heterocycles. The number of halogens is 2. The van der Waals surface area contributed by atoms with Crippen LogP contribution in [-0.4, -0.2) is 32.8 Å². The number of carbonyl (C=O) groups is 1. The van der Waals surface area contributed by atoms with Gasteiger partial charge in [0.2, 0.25) is 0 Å². The van der Waals surface area contributed by atoms with Crippen LogP contribution in [-0.2, 0) is 11.8 Å². The lowest BCUT2D eigenvalue weighted by Crippen LogP contribution is -2.40. The predicted octanol–water partition coefficient (Wildman–Crippen LogP) is 3.87. The number of alkyl halides is 2. The number of hydrogen-bond donors (Lipinski definition) is 2. The van der Waals surface area contributed by atoms with E-state index in [4.69, 9.17) is 4.74 Å². The van der Waals surface area contributed by atoms with Crippen LogP contribution < -0.4 is 20.1 Å². The Morgan fingerprint density at radius 3 is 2.50 bits per heavy atom. The molecule has 0 unspecified atom stereocenters. The third kappa shape index (κ3) is 5.12. The van der Waals surface area contributed by atoms with Gasteiger partial charge in [-0.2, -0.15) is 8.78 Å². The van der Waals surface area contributed by atoms with E-state index in [1.54, 1.807) is 12.1 Å². The summed E-state index contributed by atoms with van der Waals surface area (Å²) in [5, 5.41) is 5.77. The van der Waals surface area contributed by atoms with Crippen LogP contribution in [0.2, 0.25) is 0 Å². The van der Waals surface area contributed by atoms with E-state index in [0.29, 0.717) is 19.5 Å². The highest BCUT2D eigenvalue weighted by molar-refractivity contribution is 5.74. The van der Waals surface area contributed by atoms with Crippen molar-refractivity contribution < 1.29 is 23.0 Å². The fourth-order valence-electron chi connectivity index (χ4n) is 3.20. The Bertz CT molecular complexity index is 795. The van der Waals surface area contributed by atoms with Gasteiger partial charge in [-0.1, -0.05) is 36.4 Å². The Morgan fingerprint density at radius 2 is 1.86 bits per heavy atom. The maximum absolute atomic E-state index is 12.4. The van der Waals surface area contributed by atoms with E-state index in [9.17, 15) is 13.6 Å². The Hall–Kier alpha value is -2.83. The van der Waals surface area contributed by atoms with Crippen LogP contribution in [0.1, 0.15) is 24.0 Å². The minimum absolute atomic E-state index is 0.0115. The van der Waals surface area contributed by atoms with Crippen molar-refractivity contribution in [2.45, 2.75) is 31.3 Å². The van der Waals surface area contributed by atoms with Crippen LogP contribution in [0.5, 0.6) is 11.5 Å². The van der Waals surface area contributed by atoms with Crippen molar-refractivity contribution in [1.29, 1.82) is 0 Å². The first kappa shape index (κ1) is 19.9. The van der Waals surface area contributed by atoms with Crippen molar-refractivity contribution >= 4 is 6.03 Å². The summed E-state index contributed by atoms with van der Waals surface area (Å²) < 4.78 is 34.2. The zero-order chi connectivity index (χ0) is 20.0. The molecular weight excluding hydrogens is 366 g/mol. The maximum atomic E-state index is 12.4. The molecule has 1 aliphatic carbocycles. The third-order valence-corrected chi connectivity index (χ3v) is 4.97. The third-order valence-electron chi connectivity index (χ3n) is 4.97. The van der Waals surface area contributed by atoms with Gasteiger partial charge in [-0.15, -0.1) is 0 Å². The number of nitrogens with one attached hydrogen (secondary N) is 2. The Balaban J connectivity index is 1.44. The average Bonchev–Trinajstić information content (AvgIpc) is 3.49. The number of ether oxygens (including phenoxy) is 2. The van der Waals surface area contributed by atoms with E-state index < -0.39 is 6.61 Å². The smallest absolute Gasteiger partial charge is 0.387 e. The molecule has 0 aromatic heterocycles. The average molecular weight is 390 g/mol. The zero-order valence-electron chi connectivity index (χ0n) is 15.7. The summed E-state index contributed by atoms with van der Waals surface area (Å²) >= 11 is 0. The SMILES string of the molecule is COc1cc(CCNC(=O)NCC2(c3ccccc3)CC2)ccc1OC(F)F. The van der Waals surface area contributed by atoms with Crippen LogP contribution in [0.15, 0.2) is 48.5 Å². The first-order valence-electron chi connectivity index (χ1n) is 9.21. The van der Waals surface area contributed by atoms with Crippen LogP contribution in [0.4, 0.5) is 13.6 Å². The first-order chi connectivity index (χ1) is 13.5. The lowest BCUT2D eigenvalue weighted by molar-refractivity contribution is -0.0512. The molecule has 28 heavy (non-hydrogen) atoms. The van der Waals surface area contributed by atoms with Gasteiger partial charge in [-0.3, -0.25) is 0 Å². The van der Waals surface area contributed by atoms with Crippen LogP contribution in [0, 0.1) is 0 Å². The lowest BCUT2D eigenvalue weighted by Gasteiger charge is -2.17. The van der Waals surface area contributed by atoms with Crippen LogP contribution >= 0.6 is 0 Å². The highest BCUT2D eigenvalue weighted by Gasteiger charge is 2.44. The predicted molar refractivity (Wildman–Crippen MR) is 102 cm³/mol. The molecule has 0 saturated heterocycles. The second kappa shape index (κ2) is 8.91. The van der Waals surface area contributed by atoms with Crippen molar-refractivity contribution in [2.24, 2.45) is 0 Å². The van der Waals surface area contributed by atoms with Crippen molar-refractivity contribution in [3.8, 4) is 11.5 Å². The molecule has 7 heteroatoms. The number of urea groups is 1. The normalized spacial score (nSPS) is 14.4. The summed E-state index contributed by atoms with van der Waals surface area (Å²) in [6.07, 6.45) is 2.69. The molecule has 2 N–H and O–H groups in total. The molecule has 2 amide bonds. The molecule has 0 bridgehead atoms. The van der Waals surface area contributed by atoms with E-state index in [1.807, 2.05) is 18.2 Å². The van der Waals surface area contributed by atoms with Gasteiger partial charge in [0.25, 0.3) is 0 Å². The van der Waals surface area contributed by atoms with E-state index >= 15 is 0 Å². The summed E-state index contributed by atoms with van der Waals surface area (Å²) in [7, 11) is 1.39. The molecule has 5 nitrogen and oxygen atoms in total. The summed E-state index contributed by atoms with van der Waals surface area (Å²) in [4.78, 5) is 12.1. The fraction of sp³-hybridized carbons (Fsp3) is 0.381. The van der Waals surface area contributed by atoms with Crippen molar-refractivity contribution in [3.05, 3.63) is 59.7 Å². The van der Waals surface area contributed by atoms with Crippen LogP contribution in [0.3, 0.4) is 0 Å². The van der Waals surface area contributed by atoms with Gasteiger partial charge >= 0.3 is 12.6 Å². The number of methoxy groups -OCH3 is 1. The maximum Gasteiger partial charge on any atom is 0.387 e. The molecule has 150 valence electrons. The summed E-state index contributed by atoms with van der Waals surface area (Å²) in [6.45, 7) is -1.88. The molecule has 2 aromatic carbocycles. The van der Waals surface area contributed by atoms with Gasteiger partial charge in [0.1, 0.15) is 0 Å². The van der Waals surface area contributed by atoms with Gasteiger partial charge in [0, 0.05) is 18.5 Å². The molecule has 0 atom stereocenters. The van der Waals surface area contributed by atoms with Gasteiger partial charge in [0.15, 0.2) is 11.5 Å². The van der Waals surface area contributed by atoms with E-state index in [1.165, 1.54) is 18.7 Å². The largest absolute Gasteiger partial charge is 0.493 e. The molecule has 2 aromatic rings. The fourth-order valence-corrected chi connectivity index (χ4v) is 3.20. The topological polar surface area (TPSA) is 59.6 Å². The molecule has 1 aliphatic rings. The molecule has 3 rings (SSSR count). The highest BCUT2D eigenvalue weighted by atomic mass is 19.3. The van der Waals surface area contributed by atoms with E-state index in [0.717, 1.165) is 18.4 Å². The van der Waals surface area contributed by atoms with Crippen molar-refractivity contribution in [1.82, 2.24) is 10.6 Å². The summed E-state index contributed by atoms with van der Waals surface area (Å²) in [5.74, 6) is 0.225. The Kier molecular flexibility index (Phi) is 6.34. The molecule has 0 heterocycles. The molecule has 1 saturated carbocycles. The standard InChI is InChI=1S/C21H24F2N2O3/c1-27-18-13-15(7-8-17(18)28-19(22)23)9-12-24-20(26)25-14-21(10-11-21)16-5-3-2-4-6-16/h2-8,13,19H,9-12,14H2,1H3,(H2,24,25,26). The van der Waals surface area contributed by atoms with Gasteiger partial charge in [0.05, 0.1) is 7.11 Å². The number of benzene rings is 2. The number of carbonyl (C=O) groups excluding carboxylic acids is 1. The minimum atomic E-state index is -2.91. The van der Waals surface area contributed by atoms with Crippen molar-refractivity contribution in [2.75, 3.05) is 20.2 Å². The molecule has 0 radical (unpaired) electrons. The number of amides is 2. The van der Waals surface area contributed by atoms with Crippen molar-refractivity contribution in [3.63, 3.8) is 0 Å².